The average Bonchev–Trinajstić information content (AvgIpc) is 2.59. The van der Waals surface area contributed by atoms with Crippen molar-refractivity contribution >= 4 is 5.97 Å². The molecule has 90 valence electrons. The number of carbonyl (C=O) groups is 1. The quantitative estimate of drug-likeness (QED) is 0.807. The summed E-state index contributed by atoms with van der Waals surface area (Å²) >= 11 is 0. The van der Waals surface area contributed by atoms with Gasteiger partial charge in [0.15, 0.2) is 0 Å². The molecule has 1 aromatic rings. The lowest BCUT2D eigenvalue weighted by atomic mass is 10.1. The maximum Gasteiger partial charge on any atom is 0.320 e. The molecule has 0 aliphatic carbocycles. The molecule has 1 aromatic heterocycles. The molecule has 1 N–H and O–H groups in total. The Labute approximate surface area is 95.9 Å². The Morgan fingerprint density at radius 2 is 2.25 bits per heavy atom. The van der Waals surface area contributed by atoms with Crippen LogP contribution in [0.5, 0.6) is 0 Å². The van der Waals surface area contributed by atoms with Crippen LogP contribution >= 0.6 is 0 Å². The Hall–Kier alpha value is -1.29. The Kier molecular flexibility index (Phi) is 4.55. The van der Waals surface area contributed by atoms with Crippen molar-refractivity contribution in [3.05, 3.63) is 23.7 Å². The normalized spacial score (nSPS) is 13.0. The minimum absolute atomic E-state index is 0.435. The first-order valence-corrected chi connectivity index (χ1v) is 5.53. The van der Waals surface area contributed by atoms with Crippen molar-refractivity contribution in [2.24, 2.45) is 0 Å². The molecule has 0 aliphatic heterocycles. The van der Waals surface area contributed by atoms with E-state index in [0.29, 0.717) is 13.0 Å². The molecule has 1 rings (SSSR count). The number of nitrogens with zero attached hydrogens (tertiary/aromatic N) is 1. The van der Waals surface area contributed by atoms with Gasteiger partial charge in [0.05, 0.1) is 6.54 Å². The summed E-state index contributed by atoms with van der Waals surface area (Å²) in [6.07, 6.45) is 1.52. The summed E-state index contributed by atoms with van der Waals surface area (Å²) in [4.78, 5) is 12.9. The number of hydrogen-bond donors (Lipinski definition) is 1. The van der Waals surface area contributed by atoms with Gasteiger partial charge in [-0.25, -0.2) is 0 Å². The number of furan rings is 1. The highest BCUT2D eigenvalue weighted by molar-refractivity contribution is 5.73. The number of aliphatic carboxylic acids is 1. The van der Waals surface area contributed by atoms with E-state index in [2.05, 4.69) is 0 Å². The first-order chi connectivity index (χ1) is 7.54. The van der Waals surface area contributed by atoms with Crippen LogP contribution in [0.1, 0.15) is 31.3 Å². The van der Waals surface area contributed by atoms with Gasteiger partial charge in [-0.2, -0.15) is 0 Å². The fraction of sp³-hybridized carbons (Fsp3) is 0.583. The Balaban J connectivity index is 2.61. The number of likely N-dealkylation sites (N-methyl/N-ethyl adjacent to an activating group) is 1. The SMILES string of the molecule is CCCC(C(=O)O)N(C)Cc1ccc(C)o1. The van der Waals surface area contributed by atoms with Crippen LogP contribution in [0, 0.1) is 6.92 Å². The van der Waals surface area contributed by atoms with Gasteiger partial charge in [0.25, 0.3) is 0 Å². The molecule has 0 aliphatic rings. The van der Waals surface area contributed by atoms with Gasteiger partial charge < -0.3 is 9.52 Å². The number of aryl methyl sites for hydroxylation is 1. The molecule has 0 aromatic carbocycles. The van der Waals surface area contributed by atoms with Gasteiger partial charge in [0.2, 0.25) is 0 Å². The van der Waals surface area contributed by atoms with Crippen LogP contribution in [0.4, 0.5) is 0 Å². The monoisotopic (exact) mass is 225 g/mol. The molecule has 1 heterocycles. The van der Waals surface area contributed by atoms with Crippen molar-refractivity contribution in [1.29, 1.82) is 0 Å². The molecular weight excluding hydrogens is 206 g/mol. The summed E-state index contributed by atoms with van der Waals surface area (Å²) in [7, 11) is 1.81. The van der Waals surface area contributed by atoms with E-state index in [1.54, 1.807) is 0 Å². The van der Waals surface area contributed by atoms with Crippen molar-refractivity contribution in [3.63, 3.8) is 0 Å². The van der Waals surface area contributed by atoms with Crippen molar-refractivity contribution in [1.82, 2.24) is 4.90 Å². The molecule has 0 radical (unpaired) electrons. The minimum Gasteiger partial charge on any atom is -0.480 e. The molecule has 16 heavy (non-hydrogen) atoms. The molecule has 0 fully saturated rings. The lowest BCUT2D eigenvalue weighted by molar-refractivity contribution is -0.143. The predicted octanol–water partition coefficient (Wildman–Crippen LogP) is 2.27. The van der Waals surface area contributed by atoms with E-state index in [1.165, 1.54) is 0 Å². The van der Waals surface area contributed by atoms with Gasteiger partial charge in [0, 0.05) is 0 Å². The molecule has 1 unspecified atom stereocenters. The second kappa shape index (κ2) is 5.70. The first kappa shape index (κ1) is 12.8. The van der Waals surface area contributed by atoms with Gasteiger partial charge in [-0.15, -0.1) is 0 Å². The summed E-state index contributed by atoms with van der Waals surface area (Å²) in [5.74, 6) is 0.890. The van der Waals surface area contributed by atoms with Crippen molar-refractivity contribution < 1.29 is 14.3 Å². The molecule has 1 atom stereocenters. The summed E-state index contributed by atoms with van der Waals surface area (Å²) < 4.78 is 5.43. The largest absolute Gasteiger partial charge is 0.480 e. The van der Waals surface area contributed by atoms with Gasteiger partial charge in [-0.3, -0.25) is 9.69 Å². The fourth-order valence-corrected chi connectivity index (χ4v) is 1.73. The Morgan fingerprint density at radius 3 is 2.69 bits per heavy atom. The van der Waals surface area contributed by atoms with Gasteiger partial charge in [-0.1, -0.05) is 13.3 Å². The summed E-state index contributed by atoms with van der Waals surface area (Å²) in [5.41, 5.74) is 0. The third-order valence-corrected chi connectivity index (χ3v) is 2.58. The van der Waals surface area contributed by atoms with Gasteiger partial charge >= 0.3 is 5.97 Å². The topological polar surface area (TPSA) is 53.7 Å². The van der Waals surface area contributed by atoms with E-state index in [-0.39, 0.29) is 0 Å². The highest BCUT2D eigenvalue weighted by atomic mass is 16.4. The first-order valence-electron chi connectivity index (χ1n) is 5.53. The summed E-state index contributed by atoms with van der Waals surface area (Å²) in [6.45, 7) is 4.40. The third-order valence-electron chi connectivity index (χ3n) is 2.58. The molecule has 0 spiro atoms. The molecule has 4 nitrogen and oxygen atoms in total. The Morgan fingerprint density at radius 1 is 1.56 bits per heavy atom. The number of carboxylic acid groups (broad SMARTS) is 1. The zero-order valence-electron chi connectivity index (χ0n) is 10.1. The highest BCUT2D eigenvalue weighted by Gasteiger charge is 2.22. The van der Waals surface area contributed by atoms with Crippen LogP contribution in [-0.2, 0) is 11.3 Å². The molecule has 0 saturated carbocycles. The van der Waals surface area contributed by atoms with Gasteiger partial charge in [0.1, 0.15) is 17.6 Å². The lowest BCUT2D eigenvalue weighted by Crippen LogP contribution is -2.37. The maximum atomic E-state index is 11.1. The molecule has 0 amide bonds. The highest BCUT2D eigenvalue weighted by Crippen LogP contribution is 2.13. The van der Waals surface area contributed by atoms with Crippen molar-refractivity contribution in [3.8, 4) is 0 Å². The fourth-order valence-electron chi connectivity index (χ4n) is 1.73. The summed E-state index contributed by atoms with van der Waals surface area (Å²) in [5, 5.41) is 9.09. The average molecular weight is 225 g/mol. The van der Waals surface area contributed by atoms with Crippen molar-refractivity contribution in [2.45, 2.75) is 39.3 Å². The van der Waals surface area contributed by atoms with E-state index >= 15 is 0 Å². The van der Waals surface area contributed by atoms with E-state index in [1.807, 2.05) is 37.9 Å². The second-order valence-corrected chi connectivity index (χ2v) is 4.07. The van der Waals surface area contributed by atoms with E-state index in [0.717, 1.165) is 17.9 Å². The number of rotatable bonds is 6. The third kappa shape index (κ3) is 3.38. The van der Waals surface area contributed by atoms with Crippen LogP contribution in [0.2, 0.25) is 0 Å². The number of carboxylic acids is 1. The van der Waals surface area contributed by atoms with Crippen LogP contribution in [-0.4, -0.2) is 29.1 Å². The van der Waals surface area contributed by atoms with Crippen LogP contribution < -0.4 is 0 Å². The standard InChI is InChI=1S/C12H19NO3/c1-4-5-11(12(14)15)13(3)8-10-7-6-9(2)16-10/h6-7,11H,4-5,8H2,1-3H3,(H,14,15). The van der Waals surface area contributed by atoms with Crippen LogP contribution in [0.25, 0.3) is 0 Å². The lowest BCUT2D eigenvalue weighted by Gasteiger charge is -2.23. The second-order valence-electron chi connectivity index (χ2n) is 4.07. The maximum absolute atomic E-state index is 11.1. The minimum atomic E-state index is -0.771. The summed E-state index contributed by atoms with van der Waals surface area (Å²) in [6, 6.07) is 3.34. The number of hydrogen-bond acceptors (Lipinski definition) is 3. The van der Waals surface area contributed by atoms with Crippen molar-refractivity contribution in [2.75, 3.05) is 7.05 Å². The van der Waals surface area contributed by atoms with Gasteiger partial charge in [-0.05, 0) is 32.5 Å². The van der Waals surface area contributed by atoms with E-state index in [4.69, 9.17) is 9.52 Å². The zero-order chi connectivity index (χ0) is 12.1. The van der Waals surface area contributed by atoms with Crippen LogP contribution in [0.3, 0.4) is 0 Å². The molecule has 0 saturated heterocycles. The smallest absolute Gasteiger partial charge is 0.320 e. The van der Waals surface area contributed by atoms with E-state index < -0.39 is 12.0 Å². The molecule has 4 heteroatoms. The van der Waals surface area contributed by atoms with E-state index in [9.17, 15) is 4.79 Å². The van der Waals surface area contributed by atoms with Crippen LogP contribution in [0.15, 0.2) is 16.5 Å². The predicted molar refractivity (Wildman–Crippen MR) is 61.2 cm³/mol. The Bertz CT molecular complexity index is 346. The zero-order valence-corrected chi connectivity index (χ0v) is 10.1. The molecular formula is C12H19NO3. The molecule has 0 bridgehead atoms.